The molecule has 1 saturated heterocycles. The average molecular weight is 337 g/mol. The quantitative estimate of drug-likeness (QED) is 0.744. The van der Waals surface area contributed by atoms with E-state index in [1.54, 1.807) is 27.7 Å². The van der Waals surface area contributed by atoms with Crippen molar-refractivity contribution in [1.29, 1.82) is 0 Å². The second-order valence-corrected chi connectivity index (χ2v) is 6.73. The normalized spacial score (nSPS) is 20.6. The van der Waals surface area contributed by atoms with Gasteiger partial charge in [-0.05, 0) is 34.6 Å². The molecule has 1 aliphatic heterocycles. The number of carbonyl (C=O) groups excluding carboxylic acids is 1. The van der Waals surface area contributed by atoms with Crippen molar-refractivity contribution < 1.29 is 22.7 Å². The Morgan fingerprint density at radius 1 is 1.13 bits per heavy atom. The predicted octanol–water partition coefficient (Wildman–Crippen LogP) is 2.95. The van der Waals surface area contributed by atoms with Crippen LogP contribution in [0.25, 0.3) is 0 Å². The molecule has 1 fully saturated rings. The molecule has 1 amide bonds. The van der Waals surface area contributed by atoms with E-state index in [0.717, 1.165) is 13.1 Å². The number of hydrogen-bond acceptors (Lipinski definition) is 4. The highest BCUT2D eigenvalue weighted by atomic mass is 19.4. The Balaban J connectivity index is 2.76. The summed E-state index contributed by atoms with van der Waals surface area (Å²) in [5, 5.41) is 0. The number of aliphatic imine (C=N–C) groups is 1. The van der Waals surface area contributed by atoms with Gasteiger partial charge in [0.25, 0.3) is 0 Å². The maximum Gasteiger partial charge on any atom is 0.411 e. The average Bonchev–Trinajstić information content (AvgIpc) is 2.41. The van der Waals surface area contributed by atoms with Gasteiger partial charge in [-0.15, -0.1) is 0 Å². The molecule has 0 radical (unpaired) electrons. The number of ether oxygens (including phenoxy) is 1. The van der Waals surface area contributed by atoms with Crippen LogP contribution < -0.4 is 0 Å². The van der Waals surface area contributed by atoms with Crippen molar-refractivity contribution >= 4 is 12.3 Å². The lowest BCUT2D eigenvalue weighted by Crippen LogP contribution is -2.63. The Bertz CT molecular complexity index is 438. The van der Waals surface area contributed by atoms with Crippen LogP contribution in [-0.4, -0.2) is 72.1 Å². The maximum absolute atomic E-state index is 13.5. The fourth-order valence-electron chi connectivity index (χ4n) is 2.28. The van der Waals surface area contributed by atoms with Gasteiger partial charge in [-0.3, -0.25) is 9.89 Å². The van der Waals surface area contributed by atoms with E-state index in [9.17, 15) is 18.0 Å². The molecule has 134 valence electrons. The van der Waals surface area contributed by atoms with Gasteiger partial charge < -0.3 is 9.64 Å². The number of piperazine rings is 1. The zero-order chi connectivity index (χ0) is 17.9. The monoisotopic (exact) mass is 337 g/mol. The van der Waals surface area contributed by atoms with Crippen LogP contribution in [0.1, 0.15) is 34.6 Å². The zero-order valence-electron chi connectivity index (χ0n) is 14.4. The van der Waals surface area contributed by atoms with E-state index in [1.165, 1.54) is 9.80 Å². The number of alkyl halides is 3. The minimum atomic E-state index is -4.43. The van der Waals surface area contributed by atoms with E-state index in [1.807, 2.05) is 0 Å². The number of rotatable bonds is 3. The third kappa shape index (κ3) is 5.09. The molecule has 0 aromatic carbocycles. The number of halogens is 3. The largest absolute Gasteiger partial charge is 0.444 e. The lowest BCUT2D eigenvalue weighted by atomic mass is 9.99. The van der Waals surface area contributed by atoms with Gasteiger partial charge in [0.1, 0.15) is 11.1 Å². The number of carbonyl (C=O) groups is 1. The SMILES string of the molecule is CC/N=C\C(C)(N1CCN(C(=O)OC(C)(C)C)CC1)C(F)(F)F. The van der Waals surface area contributed by atoms with Crippen LogP contribution in [0.5, 0.6) is 0 Å². The van der Waals surface area contributed by atoms with Crippen molar-refractivity contribution in [1.82, 2.24) is 9.80 Å². The molecule has 5 nitrogen and oxygen atoms in total. The molecule has 1 atom stereocenters. The van der Waals surface area contributed by atoms with Gasteiger partial charge in [-0.2, -0.15) is 13.2 Å². The standard InChI is InChI=1S/C15H26F3N3O2/c1-6-19-11-14(5,15(16,17)18)21-9-7-20(8-10-21)12(22)23-13(2,3)4/h11H,6-10H2,1-5H3/b19-11-. The summed E-state index contributed by atoms with van der Waals surface area (Å²) >= 11 is 0. The van der Waals surface area contributed by atoms with Crippen LogP contribution in [0.15, 0.2) is 4.99 Å². The second kappa shape index (κ2) is 7.07. The molecule has 0 aromatic heterocycles. The fraction of sp³-hybridized carbons (Fsp3) is 0.867. The molecule has 1 unspecified atom stereocenters. The summed E-state index contributed by atoms with van der Waals surface area (Å²) in [7, 11) is 0. The van der Waals surface area contributed by atoms with Crippen LogP contribution in [0.3, 0.4) is 0 Å². The maximum atomic E-state index is 13.5. The van der Waals surface area contributed by atoms with Crippen molar-refractivity contribution in [2.75, 3.05) is 32.7 Å². The Morgan fingerprint density at radius 2 is 1.65 bits per heavy atom. The number of hydrogen-bond donors (Lipinski definition) is 0. The molecular formula is C15H26F3N3O2. The number of amides is 1. The molecule has 0 saturated carbocycles. The molecule has 0 aromatic rings. The van der Waals surface area contributed by atoms with Gasteiger partial charge in [-0.25, -0.2) is 4.79 Å². The first-order valence-corrected chi connectivity index (χ1v) is 7.71. The minimum Gasteiger partial charge on any atom is -0.444 e. The lowest BCUT2D eigenvalue weighted by Gasteiger charge is -2.44. The summed E-state index contributed by atoms with van der Waals surface area (Å²) in [5.74, 6) is 0. The molecule has 1 heterocycles. The predicted molar refractivity (Wildman–Crippen MR) is 82.9 cm³/mol. The van der Waals surface area contributed by atoms with E-state index < -0.39 is 23.4 Å². The van der Waals surface area contributed by atoms with Crippen LogP contribution in [-0.2, 0) is 4.74 Å². The molecule has 8 heteroatoms. The minimum absolute atomic E-state index is 0.116. The van der Waals surface area contributed by atoms with E-state index >= 15 is 0 Å². The van der Waals surface area contributed by atoms with E-state index in [4.69, 9.17) is 4.74 Å². The van der Waals surface area contributed by atoms with Crippen molar-refractivity contribution in [2.45, 2.75) is 51.9 Å². The van der Waals surface area contributed by atoms with Crippen molar-refractivity contribution in [3.63, 3.8) is 0 Å². The summed E-state index contributed by atoms with van der Waals surface area (Å²) < 4.78 is 45.6. The van der Waals surface area contributed by atoms with Crippen LogP contribution in [0.4, 0.5) is 18.0 Å². The molecule has 0 aliphatic carbocycles. The smallest absolute Gasteiger partial charge is 0.411 e. The van der Waals surface area contributed by atoms with Crippen molar-refractivity contribution in [3.05, 3.63) is 0 Å². The van der Waals surface area contributed by atoms with Gasteiger partial charge in [0.2, 0.25) is 0 Å². The van der Waals surface area contributed by atoms with E-state index in [-0.39, 0.29) is 26.2 Å². The van der Waals surface area contributed by atoms with Crippen LogP contribution in [0.2, 0.25) is 0 Å². The summed E-state index contributed by atoms with van der Waals surface area (Å²) in [6.07, 6.45) is -3.95. The highest BCUT2D eigenvalue weighted by Crippen LogP contribution is 2.34. The topological polar surface area (TPSA) is 45.1 Å². The summed E-state index contributed by atoms with van der Waals surface area (Å²) in [5.41, 5.74) is -2.74. The molecular weight excluding hydrogens is 311 g/mol. The highest BCUT2D eigenvalue weighted by molar-refractivity contribution is 5.71. The first-order chi connectivity index (χ1) is 10.4. The highest BCUT2D eigenvalue weighted by Gasteiger charge is 2.54. The summed E-state index contributed by atoms with van der Waals surface area (Å²) in [6.45, 7) is 8.99. The van der Waals surface area contributed by atoms with Gasteiger partial charge in [0.15, 0.2) is 0 Å². The third-order valence-corrected chi connectivity index (χ3v) is 3.69. The molecule has 1 aliphatic rings. The Labute approximate surface area is 135 Å². The van der Waals surface area contributed by atoms with Gasteiger partial charge in [0, 0.05) is 38.9 Å². The van der Waals surface area contributed by atoms with Crippen molar-refractivity contribution in [3.8, 4) is 0 Å². The van der Waals surface area contributed by atoms with E-state index in [2.05, 4.69) is 4.99 Å². The Hall–Kier alpha value is -1.31. The lowest BCUT2D eigenvalue weighted by molar-refractivity contribution is -0.203. The molecule has 0 spiro atoms. The van der Waals surface area contributed by atoms with E-state index in [0.29, 0.717) is 6.54 Å². The van der Waals surface area contributed by atoms with Gasteiger partial charge in [-0.1, -0.05) is 0 Å². The fourth-order valence-corrected chi connectivity index (χ4v) is 2.28. The second-order valence-electron chi connectivity index (χ2n) is 6.73. The molecule has 1 rings (SSSR count). The zero-order valence-corrected chi connectivity index (χ0v) is 14.4. The molecule has 0 N–H and O–H groups in total. The van der Waals surface area contributed by atoms with Gasteiger partial charge >= 0.3 is 12.3 Å². The first kappa shape index (κ1) is 19.7. The Morgan fingerprint density at radius 3 is 2.04 bits per heavy atom. The van der Waals surface area contributed by atoms with Crippen LogP contribution in [0, 0.1) is 0 Å². The van der Waals surface area contributed by atoms with Crippen LogP contribution >= 0.6 is 0 Å². The molecule has 0 bridgehead atoms. The first-order valence-electron chi connectivity index (χ1n) is 7.71. The third-order valence-electron chi connectivity index (χ3n) is 3.69. The van der Waals surface area contributed by atoms with Gasteiger partial charge in [0.05, 0.1) is 0 Å². The number of nitrogens with zero attached hydrogens (tertiary/aromatic N) is 3. The summed E-state index contributed by atoms with van der Waals surface area (Å²) in [4.78, 5) is 18.5. The molecule has 23 heavy (non-hydrogen) atoms. The summed E-state index contributed by atoms with van der Waals surface area (Å²) in [6, 6.07) is 0. The van der Waals surface area contributed by atoms with Crippen molar-refractivity contribution in [2.24, 2.45) is 4.99 Å². The Kier molecular flexibility index (Phi) is 6.06.